The average Bonchev–Trinajstić information content (AvgIpc) is 3.03. The lowest BCUT2D eigenvalue weighted by atomic mass is 10.2. The normalized spacial score (nSPS) is 15.4. The van der Waals surface area contributed by atoms with Crippen LogP contribution in [0.3, 0.4) is 0 Å². The summed E-state index contributed by atoms with van der Waals surface area (Å²) >= 11 is 1.60. The van der Waals surface area contributed by atoms with E-state index in [1.807, 2.05) is 24.3 Å². The number of para-hydroxylation sites is 2. The van der Waals surface area contributed by atoms with Gasteiger partial charge in [0.15, 0.2) is 0 Å². The van der Waals surface area contributed by atoms with Gasteiger partial charge in [-0.15, -0.1) is 11.3 Å². The van der Waals surface area contributed by atoms with Crippen LogP contribution in [-0.2, 0) is 6.42 Å². The van der Waals surface area contributed by atoms with Crippen LogP contribution >= 0.6 is 11.3 Å². The maximum absolute atomic E-state index is 12.7. The van der Waals surface area contributed by atoms with E-state index in [1.54, 1.807) is 11.3 Å². The molecule has 1 aliphatic heterocycles. The number of thiophene rings is 1. The zero-order valence-corrected chi connectivity index (χ0v) is 16.2. The number of likely N-dealkylation sites (N-methyl/N-ethyl adjacent to an activating group) is 1. The molecule has 0 unspecified atom stereocenters. The highest BCUT2D eigenvalue weighted by Gasteiger charge is 2.19. The SMILES string of the molecule is CCc1sc(C(=O)Nc2ccccc2N2CCN(CC)CC2)cc1C. The number of benzene rings is 1. The number of hydrogen-bond acceptors (Lipinski definition) is 4. The molecule has 2 heterocycles. The predicted molar refractivity (Wildman–Crippen MR) is 107 cm³/mol. The Bertz CT molecular complexity index is 732. The molecule has 0 saturated carbocycles. The first-order chi connectivity index (χ1) is 12.1. The molecule has 1 amide bonds. The Balaban J connectivity index is 1.75. The van der Waals surface area contributed by atoms with Gasteiger partial charge in [0, 0.05) is 31.1 Å². The Hall–Kier alpha value is -1.85. The lowest BCUT2D eigenvalue weighted by Gasteiger charge is -2.36. The minimum absolute atomic E-state index is 0.00700. The molecular weight excluding hydrogens is 330 g/mol. The van der Waals surface area contributed by atoms with E-state index in [9.17, 15) is 4.79 Å². The Morgan fingerprint density at radius 1 is 1.16 bits per heavy atom. The largest absolute Gasteiger partial charge is 0.367 e. The van der Waals surface area contributed by atoms with E-state index in [-0.39, 0.29) is 5.91 Å². The van der Waals surface area contributed by atoms with Gasteiger partial charge in [-0.2, -0.15) is 0 Å². The molecule has 25 heavy (non-hydrogen) atoms. The van der Waals surface area contributed by atoms with Gasteiger partial charge in [0.2, 0.25) is 0 Å². The standard InChI is InChI=1S/C20H27N3OS/c1-4-18-15(3)14-19(25-18)20(24)21-16-8-6-7-9-17(16)23-12-10-22(5-2)11-13-23/h6-9,14H,4-5,10-13H2,1-3H3,(H,21,24). The second-order valence-corrected chi connectivity index (χ2v) is 7.60. The van der Waals surface area contributed by atoms with Crippen molar-refractivity contribution < 1.29 is 4.79 Å². The lowest BCUT2D eigenvalue weighted by Crippen LogP contribution is -2.46. The second kappa shape index (κ2) is 8.02. The molecule has 0 bridgehead atoms. The van der Waals surface area contributed by atoms with Crippen molar-refractivity contribution >= 4 is 28.6 Å². The van der Waals surface area contributed by atoms with Crippen LogP contribution in [0.15, 0.2) is 30.3 Å². The summed E-state index contributed by atoms with van der Waals surface area (Å²) < 4.78 is 0. The molecule has 3 rings (SSSR count). The van der Waals surface area contributed by atoms with Gasteiger partial charge >= 0.3 is 0 Å². The van der Waals surface area contributed by atoms with E-state index in [0.29, 0.717) is 0 Å². The molecule has 1 saturated heterocycles. The van der Waals surface area contributed by atoms with Crippen molar-refractivity contribution in [2.45, 2.75) is 27.2 Å². The zero-order chi connectivity index (χ0) is 17.8. The molecule has 1 N–H and O–H groups in total. The monoisotopic (exact) mass is 357 g/mol. The van der Waals surface area contributed by atoms with Gasteiger partial charge in [0.05, 0.1) is 16.3 Å². The number of aryl methyl sites for hydroxylation is 2. The van der Waals surface area contributed by atoms with Crippen LogP contribution in [0.25, 0.3) is 0 Å². The predicted octanol–water partition coefficient (Wildman–Crippen LogP) is 4.01. The number of rotatable bonds is 5. The molecule has 1 aromatic carbocycles. The highest BCUT2D eigenvalue weighted by atomic mass is 32.1. The Morgan fingerprint density at radius 2 is 1.88 bits per heavy atom. The van der Waals surface area contributed by atoms with Crippen LogP contribution < -0.4 is 10.2 Å². The number of piperazine rings is 1. The molecule has 0 aliphatic carbocycles. The summed E-state index contributed by atoms with van der Waals surface area (Å²) in [5, 5.41) is 3.13. The third-order valence-electron chi connectivity index (χ3n) is 4.88. The summed E-state index contributed by atoms with van der Waals surface area (Å²) in [7, 11) is 0. The van der Waals surface area contributed by atoms with Crippen LogP contribution in [0.4, 0.5) is 11.4 Å². The van der Waals surface area contributed by atoms with E-state index >= 15 is 0 Å². The van der Waals surface area contributed by atoms with Crippen molar-refractivity contribution in [2.75, 3.05) is 42.9 Å². The summed E-state index contributed by atoms with van der Waals surface area (Å²) in [6.07, 6.45) is 0.974. The molecule has 5 heteroatoms. The van der Waals surface area contributed by atoms with Crippen LogP contribution in [0.1, 0.15) is 34.0 Å². The van der Waals surface area contributed by atoms with Crippen molar-refractivity contribution in [1.82, 2.24) is 4.90 Å². The van der Waals surface area contributed by atoms with Gasteiger partial charge in [-0.05, 0) is 43.7 Å². The highest BCUT2D eigenvalue weighted by molar-refractivity contribution is 7.14. The maximum atomic E-state index is 12.7. The van der Waals surface area contributed by atoms with Crippen LogP contribution in [0.5, 0.6) is 0 Å². The Labute approximate surface area is 154 Å². The summed E-state index contributed by atoms with van der Waals surface area (Å²) in [5.74, 6) is -0.00700. The molecule has 0 atom stereocenters. The smallest absolute Gasteiger partial charge is 0.265 e. The van der Waals surface area contributed by atoms with Crippen molar-refractivity contribution in [2.24, 2.45) is 0 Å². The Morgan fingerprint density at radius 3 is 2.52 bits per heavy atom. The summed E-state index contributed by atoms with van der Waals surface area (Å²) in [5.41, 5.74) is 3.23. The number of carbonyl (C=O) groups is 1. The lowest BCUT2D eigenvalue weighted by molar-refractivity contribution is 0.103. The molecule has 1 aromatic heterocycles. The van der Waals surface area contributed by atoms with Gasteiger partial charge in [-0.25, -0.2) is 0 Å². The first kappa shape index (κ1) is 18.0. The number of carbonyl (C=O) groups excluding carboxylic acids is 1. The number of amides is 1. The number of hydrogen-bond donors (Lipinski definition) is 1. The summed E-state index contributed by atoms with van der Waals surface area (Å²) in [4.78, 5) is 19.6. The summed E-state index contributed by atoms with van der Waals surface area (Å²) in [6.45, 7) is 11.7. The van der Waals surface area contributed by atoms with Crippen molar-refractivity contribution in [3.8, 4) is 0 Å². The fourth-order valence-corrected chi connectivity index (χ4v) is 4.34. The number of anilines is 2. The van der Waals surface area contributed by atoms with Crippen LogP contribution in [0.2, 0.25) is 0 Å². The quantitative estimate of drug-likeness (QED) is 0.878. The van der Waals surface area contributed by atoms with Crippen molar-refractivity contribution in [3.05, 3.63) is 45.6 Å². The highest BCUT2D eigenvalue weighted by Crippen LogP contribution is 2.29. The van der Waals surface area contributed by atoms with E-state index < -0.39 is 0 Å². The topological polar surface area (TPSA) is 35.6 Å². The van der Waals surface area contributed by atoms with E-state index in [2.05, 4.69) is 42.0 Å². The molecule has 134 valence electrons. The second-order valence-electron chi connectivity index (χ2n) is 6.46. The maximum Gasteiger partial charge on any atom is 0.265 e. The molecule has 2 aromatic rings. The minimum Gasteiger partial charge on any atom is -0.367 e. The van der Waals surface area contributed by atoms with E-state index in [0.717, 1.165) is 55.4 Å². The molecule has 1 aliphatic rings. The van der Waals surface area contributed by atoms with Gasteiger partial charge in [0.1, 0.15) is 0 Å². The first-order valence-electron chi connectivity index (χ1n) is 9.09. The third-order valence-corrected chi connectivity index (χ3v) is 6.26. The Kier molecular flexibility index (Phi) is 5.76. The molecule has 4 nitrogen and oxygen atoms in total. The van der Waals surface area contributed by atoms with Crippen LogP contribution in [-0.4, -0.2) is 43.5 Å². The van der Waals surface area contributed by atoms with Gasteiger partial charge in [-0.1, -0.05) is 26.0 Å². The van der Waals surface area contributed by atoms with Crippen molar-refractivity contribution in [3.63, 3.8) is 0 Å². The van der Waals surface area contributed by atoms with Gasteiger partial charge < -0.3 is 15.1 Å². The van der Waals surface area contributed by atoms with Crippen LogP contribution in [0, 0.1) is 6.92 Å². The average molecular weight is 358 g/mol. The molecule has 1 fully saturated rings. The zero-order valence-electron chi connectivity index (χ0n) is 15.3. The molecule has 0 radical (unpaired) electrons. The minimum atomic E-state index is -0.00700. The van der Waals surface area contributed by atoms with Gasteiger partial charge in [0.25, 0.3) is 5.91 Å². The molecular formula is C20H27N3OS. The first-order valence-corrected chi connectivity index (χ1v) is 9.91. The van der Waals surface area contributed by atoms with Gasteiger partial charge in [-0.3, -0.25) is 4.79 Å². The number of nitrogens with one attached hydrogen (secondary N) is 1. The van der Waals surface area contributed by atoms with E-state index in [1.165, 1.54) is 10.4 Å². The fourth-order valence-electron chi connectivity index (χ4n) is 3.33. The summed E-state index contributed by atoms with van der Waals surface area (Å²) in [6, 6.07) is 10.1. The third kappa shape index (κ3) is 4.05. The molecule has 0 spiro atoms. The van der Waals surface area contributed by atoms with Crippen molar-refractivity contribution in [1.29, 1.82) is 0 Å². The number of nitrogens with zero attached hydrogens (tertiary/aromatic N) is 2. The van der Waals surface area contributed by atoms with E-state index in [4.69, 9.17) is 0 Å². The fraction of sp³-hybridized carbons (Fsp3) is 0.450.